The summed E-state index contributed by atoms with van der Waals surface area (Å²) < 4.78 is 4.56. The molecular formula is C16H32O3. The van der Waals surface area contributed by atoms with E-state index in [0.29, 0.717) is 12.8 Å². The van der Waals surface area contributed by atoms with Gasteiger partial charge >= 0.3 is 5.97 Å². The summed E-state index contributed by atoms with van der Waals surface area (Å²) in [4.78, 5) is 10.9. The van der Waals surface area contributed by atoms with Crippen molar-refractivity contribution in [1.29, 1.82) is 0 Å². The van der Waals surface area contributed by atoms with Crippen LogP contribution in [0.4, 0.5) is 0 Å². The quantitative estimate of drug-likeness (QED) is 0.403. The van der Waals surface area contributed by atoms with E-state index < -0.39 is 0 Å². The lowest BCUT2D eigenvalue weighted by Gasteiger charge is -2.09. The Bertz CT molecular complexity index is 204. The summed E-state index contributed by atoms with van der Waals surface area (Å²) in [5.74, 6) is -0.181. The van der Waals surface area contributed by atoms with Crippen molar-refractivity contribution in [3.63, 3.8) is 0 Å². The zero-order valence-electron chi connectivity index (χ0n) is 12.8. The zero-order chi connectivity index (χ0) is 14.3. The smallest absolute Gasteiger partial charge is 0.305 e. The van der Waals surface area contributed by atoms with Crippen molar-refractivity contribution >= 4 is 5.97 Å². The Labute approximate surface area is 118 Å². The van der Waals surface area contributed by atoms with Crippen LogP contribution in [0.3, 0.4) is 0 Å². The van der Waals surface area contributed by atoms with Crippen molar-refractivity contribution in [3.05, 3.63) is 0 Å². The van der Waals surface area contributed by atoms with Crippen molar-refractivity contribution in [2.24, 2.45) is 0 Å². The molecule has 0 radical (unpaired) electrons. The number of hydrogen-bond donors (Lipinski definition) is 1. The second-order valence-electron chi connectivity index (χ2n) is 5.39. The molecule has 1 atom stereocenters. The van der Waals surface area contributed by atoms with Crippen LogP contribution in [0.2, 0.25) is 0 Å². The molecule has 0 saturated heterocycles. The summed E-state index contributed by atoms with van der Waals surface area (Å²) in [6.07, 6.45) is 12.8. The Morgan fingerprint density at radius 2 is 1.47 bits per heavy atom. The van der Waals surface area contributed by atoms with Crippen LogP contribution < -0.4 is 0 Å². The molecule has 0 spiro atoms. The third-order valence-corrected chi connectivity index (χ3v) is 3.54. The number of esters is 1. The number of ether oxygens (including phenoxy) is 1. The van der Waals surface area contributed by atoms with E-state index in [2.05, 4.69) is 11.7 Å². The fraction of sp³-hybridized carbons (Fsp3) is 0.938. The van der Waals surface area contributed by atoms with E-state index in [1.807, 2.05) is 0 Å². The van der Waals surface area contributed by atoms with Crippen LogP contribution in [0.5, 0.6) is 0 Å². The molecule has 114 valence electrons. The molecule has 0 aromatic heterocycles. The molecule has 0 fully saturated rings. The highest BCUT2D eigenvalue weighted by Gasteiger charge is 2.06. The first kappa shape index (κ1) is 18.4. The predicted octanol–water partition coefficient (Wildman–Crippen LogP) is 4.22. The molecule has 0 aliphatic carbocycles. The Morgan fingerprint density at radius 1 is 0.947 bits per heavy atom. The van der Waals surface area contributed by atoms with E-state index in [4.69, 9.17) is 0 Å². The average Bonchev–Trinajstić information content (AvgIpc) is 2.41. The monoisotopic (exact) mass is 272 g/mol. The maximum absolute atomic E-state index is 10.9. The van der Waals surface area contributed by atoms with Gasteiger partial charge in [-0.1, -0.05) is 58.3 Å². The minimum Gasteiger partial charge on any atom is -0.469 e. The summed E-state index contributed by atoms with van der Waals surface area (Å²) in [6, 6.07) is 0. The molecule has 1 unspecified atom stereocenters. The SMILES string of the molecule is CCCCCCCCCCC(O)CCCC(=O)OC. The summed E-state index contributed by atoms with van der Waals surface area (Å²) in [7, 11) is 1.40. The van der Waals surface area contributed by atoms with Gasteiger partial charge in [-0.15, -0.1) is 0 Å². The first-order valence-corrected chi connectivity index (χ1v) is 7.95. The minimum atomic E-state index is -0.246. The van der Waals surface area contributed by atoms with Crippen LogP contribution in [0.25, 0.3) is 0 Å². The zero-order valence-corrected chi connectivity index (χ0v) is 12.8. The van der Waals surface area contributed by atoms with Gasteiger partial charge in [-0.3, -0.25) is 4.79 Å². The first-order chi connectivity index (χ1) is 9.20. The summed E-state index contributed by atoms with van der Waals surface area (Å²) in [5.41, 5.74) is 0. The topological polar surface area (TPSA) is 46.5 Å². The number of carbonyl (C=O) groups excluding carboxylic acids is 1. The fourth-order valence-corrected chi connectivity index (χ4v) is 2.24. The van der Waals surface area contributed by atoms with E-state index in [9.17, 15) is 9.90 Å². The van der Waals surface area contributed by atoms with Crippen molar-refractivity contribution in [1.82, 2.24) is 0 Å². The highest BCUT2D eigenvalue weighted by molar-refractivity contribution is 5.68. The van der Waals surface area contributed by atoms with Crippen LogP contribution in [-0.4, -0.2) is 24.3 Å². The van der Waals surface area contributed by atoms with Crippen LogP contribution >= 0.6 is 0 Å². The van der Waals surface area contributed by atoms with E-state index >= 15 is 0 Å². The van der Waals surface area contributed by atoms with Gasteiger partial charge in [-0.2, -0.15) is 0 Å². The number of unbranched alkanes of at least 4 members (excludes halogenated alkanes) is 7. The maximum atomic E-state index is 10.9. The normalized spacial score (nSPS) is 12.4. The largest absolute Gasteiger partial charge is 0.469 e. The van der Waals surface area contributed by atoms with Crippen molar-refractivity contribution < 1.29 is 14.6 Å². The molecule has 0 aromatic carbocycles. The molecule has 0 aliphatic heterocycles. The van der Waals surface area contributed by atoms with Crippen LogP contribution in [0.1, 0.15) is 84.0 Å². The molecule has 0 aliphatic rings. The van der Waals surface area contributed by atoms with Gasteiger partial charge in [-0.25, -0.2) is 0 Å². The van der Waals surface area contributed by atoms with Gasteiger partial charge in [0.1, 0.15) is 0 Å². The van der Waals surface area contributed by atoms with Crippen LogP contribution in [-0.2, 0) is 9.53 Å². The van der Waals surface area contributed by atoms with Crippen molar-refractivity contribution in [2.75, 3.05) is 7.11 Å². The highest BCUT2D eigenvalue weighted by Crippen LogP contribution is 2.13. The minimum absolute atomic E-state index is 0.181. The maximum Gasteiger partial charge on any atom is 0.305 e. The van der Waals surface area contributed by atoms with E-state index in [1.54, 1.807) is 0 Å². The Hall–Kier alpha value is -0.570. The molecule has 0 saturated carbocycles. The lowest BCUT2D eigenvalue weighted by atomic mass is 10.0. The number of rotatable bonds is 13. The molecule has 0 aromatic rings. The van der Waals surface area contributed by atoms with Gasteiger partial charge in [0.05, 0.1) is 13.2 Å². The number of carbonyl (C=O) groups is 1. The summed E-state index contributed by atoms with van der Waals surface area (Å²) in [6.45, 7) is 2.24. The van der Waals surface area contributed by atoms with Gasteiger partial charge in [0.2, 0.25) is 0 Å². The van der Waals surface area contributed by atoms with Gasteiger partial charge in [0, 0.05) is 6.42 Å². The molecule has 1 N–H and O–H groups in total. The number of hydrogen-bond acceptors (Lipinski definition) is 3. The Kier molecular flexibility index (Phi) is 13.4. The number of methoxy groups -OCH3 is 1. The fourth-order valence-electron chi connectivity index (χ4n) is 2.24. The highest BCUT2D eigenvalue weighted by atomic mass is 16.5. The van der Waals surface area contributed by atoms with Crippen LogP contribution in [0, 0.1) is 0 Å². The van der Waals surface area contributed by atoms with Gasteiger partial charge < -0.3 is 9.84 Å². The van der Waals surface area contributed by atoms with E-state index in [1.165, 1.54) is 52.1 Å². The van der Waals surface area contributed by atoms with Crippen molar-refractivity contribution in [2.45, 2.75) is 90.1 Å². The molecule has 0 amide bonds. The Morgan fingerprint density at radius 3 is 2.05 bits per heavy atom. The number of aliphatic hydroxyl groups is 1. The second-order valence-corrected chi connectivity index (χ2v) is 5.39. The summed E-state index contributed by atoms with van der Waals surface area (Å²) >= 11 is 0. The molecular weight excluding hydrogens is 240 g/mol. The van der Waals surface area contributed by atoms with Gasteiger partial charge in [-0.05, 0) is 19.3 Å². The lowest BCUT2D eigenvalue weighted by molar-refractivity contribution is -0.140. The molecule has 3 heteroatoms. The lowest BCUT2D eigenvalue weighted by Crippen LogP contribution is -2.08. The third kappa shape index (κ3) is 13.7. The van der Waals surface area contributed by atoms with Crippen molar-refractivity contribution in [3.8, 4) is 0 Å². The Balaban J connectivity index is 3.20. The van der Waals surface area contributed by atoms with E-state index in [0.717, 1.165) is 19.3 Å². The first-order valence-electron chi connectivity index (χ1n) is 7.95. The van der Waals surface area contributed by atoms with Crippen LogP contribution in [0.15, 0.2) is 0 Å². The van der Waals surface area contributed by atoms with Gasteiger partial charge in [0.25, 0.3) is 0 Å². The average molecular weight is 272 g/mol. The molecule has 0 heterocycles. The third-order valence-electron chi connectivity index (χ3n) is 3.54. The molecule has 0 bridgehead atoms. The molecule has 19 heavy (non-hydrogen) atoms. The molecule has 0 rings (SSSR count). The van der Waals surface area contributed by atoms with Gasteiger partial charge in [0.15, 0.2) is 0 Å². The second kappa shape index (κ2) is 13.9. The standard InChI is InChI=1S/C16H32O3/c1-3-4-5-6-7-8-9-10-12-15(17)13-11-14-16(18)19-2/h15,17H,3-14H2,1-2H3. The summed E-state index contributed by atoms with van der Waals surface area (Å²) in [5, 5.41) is 9.76. The number of aliphatic hydroxyl groups excluding tert-OH is 1. The predicted molar refractivity (Wildman–Crippen MR) is 79.1 cm³/mol. The molecule has 3 nitrogen and oxygen atoms in total. The van der Waals surface area contributed by atoms with E-state index in [-0.39, 0.29) is 12.1 Å².